The Kier molecular flexibility index (Phi) is 4.93. The summed E-state index contributed by atoms with van der Waals surface area (Å²) in [6, 6.07) is 6.14. The average Bonchev–Trinajstić information content (AvgIpc) is 2.42. The summed E-state index contributed by atoms with van der Waals surface area (Å²) >= 11 is 0. The molecule has 0 bridgehead atoms. The maximum absolute atomic E-state index is 12.0. The SMILES string of the molecule is CCNC(=O)c1cc(CN2CCOCC2)ccc1C. The van der Waals surface area contributed by atoms with Crippen molar-refractivity contribution in [2.45, 2.75) is 20.4 Å². The van der Waals surface area contributed by atoms with Crippen molar-refractivity contribution in [3.63, 3.8) is 0 Å². The summed E-state index contributed by atoms with van der Waals surface area (Å²) in [6.07, 6.45) is 0. The van der Waals surface area contributed by atoms with Crippen molar-refractivity contribution in [3.8, 4) is 0 Å². The van der Waals surface area contributed by atoms with Gasteiger partial charge in [-0.1, -0.05) is 12.1 Å². The number of aryl methyl sites for hydroxylation is 1. The molecular weight excluding hydrogens is 240 g/mol. The van der Waals surface area contributed by atoms with Crippen molar-refractivity contribution in [3.05, 3.63) is 34.9 Å². The van der Waals surface area contributed by atoms with Crippen LogP contribution in [0.25, 0.3) is 0 Å². The molecular formula is C15H22N2O2. The molecule has 0 unspecified atom stereocenters. The molecule has 0 aromatic heterocycles. The minimum atomic E-state index is 0.0174. The van der Waals surface area contributed by atoms with E-state index in [2.05, 4.69) is 16.3 Å². The predicted octanol–water partition coefficient (Wildman–Crippen LogP) is 1.58. The molecule has 1 aromatic rings. The first kappa shape index (κ1) is 14.0. The van der Waals surface area contributed by atoms with E-state index in [4.69, 9.17) is 4.74 Å². The van der Waals surface area contributed by atoms with E-state index < -0.39 is 0 Å². The van der Waals surface area contributed by atoms with Gasteiger partial charge >= 0.3 is 0 Å². The molecule has 104 valence electrons. The summed E-state index contributed by atoms with van der Waals surface area (Å²) in [5, 5.41) is 2.86. The third kappa shape index (κ3) is 3.78. The molecule has 0 atom stereocenters. The van der Waals surface area contributed by atoms with E-state index in [0.717, 1.165) is 44.0 Å². The van der Waals surface area contributed by atoms with Crippen molar-refractivity contribution >= 4 is 5.91 Å². The fraction of sp³-hybridized carbons (Fsp3) is 0.533. The third-order valence-corrected chi connectivity index (χ3v) is 3.39. The number of hydrogen-bond donors (Lipinski definition) is 1. The minimum absolute atomic E-state index is 0.0174. The number of carbonyl (C=O) groups is 1. The number of ether oxygens (including phenoxy) is 1. The Morgan fingerprint density at radius 1 is 1.37 bits per heavy atom. The van der Waals surface area contributed by atoms with Gasteiger partial charge < -0.3 is 10.1 Å². The van der Waals surface area contributed by atoms with Gasteiger partial charge in [0.2, 0.25) is 0 Å². The van der Waals surface area contributed by atoms with E-state index >= 15 is 0 Å². The van der Waals surface area contributed by atoms with Crippen molar-refractivity contribution in [1.82, 2.24) is 10.2 Å². The predicted molar refractivity (Wildman–Crippen MR) is 75.3 cm³/mol. The van der Waals surface area contributed by atoms with Crippen LogP contribution in [0.15, 0.2) is 18.2 Å². The van der Waals surface area contributed by atoms with E-state index in [0.29, 0.717) is 6.54 Å². The Morgan fingerprint density at radius 3 is 2.79 bits per heavy atom. The van der Waals surface area contributed by atoms with Crippen molar-refractivity contribution in [2.75, 3.05) is 32.8 Å². The van der Waals surface area contributed by atoms with Gasteiger partial charge in [0.1, 0.15) is 0 Å². The molecule has 1 amide bonds. The van der Waals surface area contributed by atoms with E-state index in [-0.39, 0.29) is 5.91 Å². The normalized spacial score (nSPS) is 16.3. The first-order chi connectivity index (χ1) is 9.20. The number of carbonyl (C=O) groups excluding carboxylic acids is 1. The number of nitrogens with zero attached hydrogens (tertiary/aromatic N) is 1. The zero-order chi connectivity index (χ0) is 13.7. The van der Waals surface area contributed by atoms with E-state index in [1.54, 1.807) is 0 Å². The molecule has 4 nitrogen and oxygen atoms in total. The lowest BCUT2D eigenvalue weighted by atomic mass is 10.0. The highest BCUT2D eigenvalue weighted by Crippen LogP contribution is 2.14. The highest BCUT2D eigenvalue weighted by molar-refractivity contribution is 5.95. The molecule has 19 heavy (non-hydrogen) atoms. The Balaban J connectivity index is 2.08. The van der Waals surface area contributed by atoms with Gasteiger partial charge in [0.05, 0.1) is 13.2 Å². The zero-order valence-corrected chi connectivity index (χ0v) is 11.7. The fourth-order valence-electron chi connectivity index (χ4n) is 2.29. The van der Waals surface area contributed by atoms with Crippen LogP contribution in [0.4, 0.5) is 0 Å². The maximum Gasteiger partial charge on any atom is 0.251 e. The van der Waals surface area contributed by atoms with Crippen LogP contribution in [-0.2, 0) is 11.3 Å². The first-order valence-electron chi connectivity index (χ1n) is 6.88. The topological polar surface area (TPSA) is 41.6 Å². The van der Waals surface area contributed by atoms with E-state index in [9.17, 15) is 4.79 Å². The number of nitrogens with one attached hydrogen (secondary N) is 1. The summed E-state index contributed by atoms with van der Waals surface area (Å²) < 4.78 is 5.34. The molecule has 4 heteroatoms. The van der Waals surface area contributed by atoms with Crippen LogP contribution >= 0.6 is 0 Å². The summed E-state index contributed by atoms with van der Waals surface area (Å²) in [7, 11) is 0. The number of morpholine rings is 1. The molecule has 0 spiro atoms. The molecule has 1 fully saturated rings. The average molecular weight is 262 g/mol. The van der Waals surface area contributed by atoms with Gasteiger partial charge in [-0.05, 0) is 31.0 Å². The Hall–Kier alpha value is -1.39. The summed E-state index contributed by atoms with van der Waals surface area (Å²) in [6.45, 7) is 8.98. The van der Waals surface area contributed by atoms with Crippen LogP contribution in [0.5, 0.6) is 0 Å². The van der Waals surface area contributed by atoms with Crippen molar-refractivity contribution in [2.24, 2.45) is 0 Å². The monoisotopic (exact) mass is 262 g/mol. The standard InChI is InChI=1S/C15H22N2O2/c1-3-16-15(18)14-10-13(5-4-12(14)2)11-17-6-8-19-9-7-17/h4-5,10H,3,6-9,11H2,1-2H3,(H,16,18). The Bertz CT molecular complexity index is 440. The highest BCUT2D eigenvalue weighted by atomic mass is 16.5. The summed E-state index contributed by atoms with van der Waals surface area (Å²) in [5.74, 6) is 0.0174. The smallest absolute Gasteiger partial charge is 0.251 e. The number of amides is 1. The fourth-order valence-corrected chi connectivity index (χ4v) is 2.29. The van der Waals surface area contributed by atoms with Crippen LogP contribution in [0, 0.1) is 6.92 Å². The molecule has 1 aliphatic heterocycles. The molecule has 1 N–H and O–H groups in total. The van der Waals surface area contributed by atoms with Crippen LogP contribution in [0.2, 0.25) is 0 Å². The summed E-state index contributed by atoms with van der Waals surface area (Å²) in [4.78, 5) is 14.3. The lowest BCUT2D eigenvalue weighted by Gasteiger charge is -2.26. The van der Waals surface area contributed by atoms with Gasteiger partial charge in [0.25, 0.3) is 5.91 Å². The molecule has 1 saturated heterocycles. The first-order valence-corrected chi connectivity index (χ1v) is 6.88. The van der Waals surface area contributed by atoms with Gasteiger partial charge in [0, 0.05) is 31.7 Å². The Labute approximate surface area is 114 Å². The number of hydrogen-bond acceptors (Lipinski definition) is 3. The molecule has 2 rings (SSSR count). The molecule has 1 aliphatic rings. The van der Waals surface area contributed by atoms with Crippen molar-refractivity contribution in [1.29, 1.82) is 0 Å². The van der Waals surface area contributed by atoms with Gasteiger partial charge in [-0.2, -0.15) is 0 Å². The van der Waals surface area contributed by atoms with Gasteiger partial charge in [-0.25, -0.2) is 0 Å². The highest BCUT2D eigenvalue weighted by Gasteiger charge is 2.13. The minimum Gasteiger partial charge on any atom is -0.379 e. The maximum atomic E-state index is 12.0. The largest absolute Gasteiger partial charge is 0.379 e. The van der Waals surface area contributed by atoms with Crippen LogP contribution in [-0.4, -0.2) is 43.7 Å². The molecule has 0 aliphatic carbocycles. The second-order valence-electron chi connectivity index (χ2n) is 4.90. The summed E-state index contributed by atoms with van der Waals surface area (Å²) in [5.41, 5.74) is 3.00. The Morgan fingerprint density at radius 2 is 2.11 bits per heavy atom. The quantitative estimate of drug-likeness (QED) is 0.895. The van der Waals surface area contributed by atoms with E-state index in [1.165, 1.54) is 5.56 Å². The lowest BCUT2D eigenvalue weighted by molar-refractivity contribution is 0.0342. The van der Waals surface area contributed by atoms with Crippen molar-refractivity contribution < 1.29 is 9.53 Å². The number of benzene rings is 1. The zero-order valence-electron chi connectivity index (χ0n) is 11.7. The molecule has 1 aromatic carbocycles. The molecule has 0 radical (unpaired) electrons. The second-order valence-corrected chi connectivity index (χ2v) is 4.90. The third-order valence-electron chi connectivity index (χ3n) is 3.39. The number of rotatable bonds is 4. The van der Waals surface area contributed by atoms with Crippen LogP contribution < -0.4 is 5.32 Å². The van der Waals surface area contributed by atoms with Gasteiger partial charge in [-0.15, -0.1) is 0 Å². The lowest BCUT2D eigenvalue weighted by Crippen LogP contribution is -2.35. The van der Waals surface area contributed by atoms with Gasteiger partial charge in [-0.3, -0.25) is 9.69 Å². The molecule has 0 saturated carbocycles. The molecule has 1 heterocycles. The second kappa shape index (κ2) is 6.68. The van der Waals surface area contributed by atoms with Crippen LogP contribution in [0.3, 0.4) is 0 Å². The van der Waals surface area contributed by atoms with Crippen LogP contribution in [0.1, 0.15) is 28.4 Å². The van der Waals surface area contributed by atoms with E-state index in [1.807, 2.05) is 26.0 Å². The van der Waals surface area contributed by atoms with Gasteiger partial charge in [0.15, 0.2) is 0 Å².